The SMILES string of the molecule is CCOc1ccc(N2C(=O)NC(=O)/C(=C/c3cccc(OCc4ccc(Cl)cc4)c3)C2=O)cc1. The molecule has 1 fully saturated rings. The number of urea groups is 1. The molecular formula is C26H21ClN2O5. The van der Waals surface area contributed by atoms with Gasteiger partial charge in [-0.15, -0.1) is 0 Å². The maximum Gasteiger partial charge on any atom is 0.335 e. The van der Waals surface area contributed by atoms with E-state index in [4.69, 9.17) is 21.1 Å². The number of barbiturate groups is 1. The van der Waals surface area contributed by atoms with E-state index in [-0.39, 0.29) is 5.57 Å². The first-order valence-electron chi connectivity index (χ1n) is 10.6. The van der Waals surface area contributed by atoms with Gasteiger partial charge in [0, 0.05) is 5.02 Å². The Balaban J connectivity index is 1.54. The van der Waals surface area contributed by atoms with E-state index in [1.54, 1.807) is 60.7 Å². The molecule has 4 amide bonds. The lowest BCUT2D eigenvalue weighted by molar-refractivity contribution is -0.122. The summed E-state index contributed by atoms with van der Waals surface area (Å²) in [5.41, 5.74) is 1.68. The number of benzene rings is 3. The van der Waals surface area contributed by atoms with E-state index in [9.17, 15) is 14.4 Å². The van der Waals surface area contributed by atoms with Gasteiger partial charge < -0.3 is 9.47 Å². The zero-order valence-corrected chi connectivity index (χ0v) is 19.0. The Hall–Kier alpha value is -4.10. The highest BCUT2D eigenvalue weighted by atomic mass is 35.5. The van der Waals surface area contributed by atoms with Crippen LogP contribution in [0.3, 0.4) is 0 Å². The van der Waals surface area contributed by atoms with Gasteiger partial charge in [-0.3, -0.25) is 14.9 Å². The molecule has 1 saturated heterocycles. The molecule has 0 radical (unpaired) electrons. The molecule has 1 heterocycles. The Morgan fingerprint density at radius 3 is 2.35 bits per heavy atom. The van der Waals surface area contributed by atoms with Gasteiger partial charge in [0.15, 0.2) is 0 Å². The van der Waals surface area contributed by atoms with Gasteiger partial charge in [0.25, 0.3) is 11.8 Å². The Kier molecular flexibility index (Phi) is 6.94. The molecule has 1 N–H and O–H groups in total. The van der Waals surface area contributed by atoms with E-state index in [2.05, 4.69) is 5.32 Å². The highest BCUT2D eigenvalue weighted by molar-refractivity contribution is 6.39. The number of imide groups is 2. The fourth-order valence-electron chi connectivity index (χ4n) is 3.36. The molecule has 7 nitrogen and oxygen atoms in total. The van der Waals surface area contributed by atoms with Gasteiger partial charge in [-0.25, -0.2) is 9.69 Å². The summed E-state index contributed by atoms with van der Waals surface area (Å²) in [4.78, 5) is 38.9. The second kappa shape index (κ2) is 10.2. The molecule has 0 unspecified atom stereocenters. The Labute approximate surface area is 201 Å². The lowest BCUT2D eigenvalue weighted by Gasteiger charge is -2.26. The average Bonchev–Trinajstić information content (AvgIpc) is 2.83. The predicted octanol–water partition coefficient (Wildman–Crippen LogP) is 4.98. The van der Waals surface area contributed by atoms with Crippen LogP contribution in [-0.2, 0) is 16.2 Å². The molecule has 0 atom stereocenters. The highest BCUT2D eigenvalue weighted by Crippen LogP contribution is 2.25. The summed E-state index contributed by atoms with van der Waals surface area (Å²) >= 11 is 5.91. The van der Waals surface area contributed by atoms with Crippen LogP contribution < -0.4 is 19.7 Å². The van der Waals surface area contributed by atoms with Gasteiger partial charge in [-0.05, 0) is 72.7 Å². The molecule has 0 bridgehead atoms. The van der Waals surface area contributed by atoms with Crippen molar-refractivity contribution in [2.24, 2.45) is 0 Å². The van der Waals surface area contributed by atoms with Gasteiger partial charge in [0.2, 0.25) is 0 Å². The summed E-state index contributed by atoms with van der Waals surface area (Å²) in [7, 11) is 0. The molecule has 0 saturated carbocycles. The molecule has 0 aromatic heterocycles. The molecule has 172 valence electrons. The minimum Gasteiger partial charge on any atom is -0.494 e. The smallest absolute Gasteiger partial charge is 0.335 e. The number of rotatable bonds is 7. The van der Waals surface area contributed by atoms with Crippen LogP contribution in [0.25, 0.3) is 6.08 Å². The first-order chi connectivity index (χ1) is 16.4. The number of hydrogen-bond donors (Lipinski definition) is 1. The number of nitrogens with one attached hydrogen (secondary N) is 1. The molecule has 34 heavy (non-hydrogen) atoms. The van der Waals surface area contributed by atoms with Crippen molar-refractivity contribution >= 4 is 41.2 Å². The predicted molar refractivity (Wildman–Crippen MR) is 129 cm³/mol. The van der Waals surface area contributed by atoms with E-state index in [0.29, 0.717) is 41.0 Å². The third-order valence-electron chi connectivity index (χ3n) is 5.00. The molecule has 0 aliphatic carbocycles. The van der Waals surface area contributed by atoms with Crippen molar-refractivity contribution in [2.45, 2.75) is 13.5 Å². The standard InChI is InChI=1S/C26H21ClN2O5/c1-2-33-21-12-10-20(11-13-21)29-25(31)23(24(30)28-26(29)32)15-18-4-3-5-22(14-18)34-16-17-6-8-19(27)9-7-17/h3-15H,2,16H2,1H3,(H,28,30,32)/b23-15-. The molecule has 0 spiro atoms. The number of anilines is 1. The first-order valence-corrected chi connectivity index (χ1v) is 10.9. The van der Waals surface area contributed by atoms with E-state index >= 15 is 0 Å². The number of hydrogen-bond acceptors (Lipinski definition) is 5. The molecule has 1 aliphatic heterocycles. The number of amides is 4. The van der Waals surface area contributed by atoms with Crippen LogP contribution in [0.15, 0.2) is 78.4 Å². The van der Waals surface area contributed by atoms with Crippen LogP contribution in [0.4, 0.5) is 10.5 Å². The van der Waals surface area contributed by atoms with Crippen molar-refractivity contribution in [3.8, 4) is 11.5 Å². The van der Waals surface area contributed by atoms with Crippen LogP contribution in [0.5, 0.6) is 11.5 Å². The molecule has 3 aromatic carbocycles. The van der Waals surface area contributed by atoms with E-state index < -0.39 is 17.8 Å². The maximum atomic E-state index is 13.1. The summed E-state index contributed by atoms with van der Waals surface area (Å²) in [5, 5.41) is 2.86. The lowest BCUT2D eigenvalue weighted by Crippen LogP contribution is -2.54. The van der Waals surface area contributed by atoms with Crippen LogP contribution in [0.1, 0.15) is 18.1 Å². The third-order valence-corrected chi connectivity index (χ3v) is 5.25. The fourth-order valence-corrected chi connectivity index (χ4v) is 3.48. The topological polar surface area (TPSA) is 84.9 Å². The van der Waals surface area contributed by atoms with Crippen molar-refractivity contribution in [1.82, 2.24) is 5.32 Å². The summed E-state index contributed by atoms with van der Waals surface area (Å²) < 4.78 is 11.2. The van der Waals surface area contributed by atoms with Crippen LogP contribution in [0.2, 0.25) is 5.02 Å². The summed E-state index contributed by atoms with van der Waals surface area (Å²) in [6, 6.07) is 19.9. The Bertz CT molecular complexity index is 1250. The fraction of sp³-hybridized carbons (Fsp3) is 0.115. The van der Waals surface area contributed by atoms with Crippen LogP contribution in [-0.4, -0.2) is 24.5 Å². The summed E-state index contributed by atoms with van der Waals surface area (Å²) in [6.45, 7) is 2.68. The largest absolute Gasteiger partial charge is 0.494 e. The van der Waals surface area contributed by atoms with Crippen LogP contribution in [0, 0.1) is 0 Å². The van der Waals surface area contributed by atoms with Gasteiger partial charge >= 0.3 is 6.03 Å². The van der Waals surface area contributed by atoms with Gasteiger partial charge in [-0.1, -0.05) is 35.9 Å². The van der Waals surface area contributed by atoms with E-state index in [1.807, 2.05) is 19.1 Å². The molecule has 4 rings (SSSR count). The van der Waals surface area contributed by atoms with Gasteiger partial charge in [0.05, 0.1) is 12.3 Å². The Morgan fingerprint density at radius 1 is 0.912 bits per heavy atom. The second-order valence-corrected chi connectivity index (χ2v) is 7.81. The summed E-state index contributed by atoms with van der Waals surface area (Å²) in [6.07, 6.45) is 1.43. The normalized spacial score (nSPS) is 14.8. The zero-order chi connectivity index (χ0) is 24.1. The second-order valence-electron chi connectivity index (χ2n) is 7.37. The highest BCUT2D eigenvalue weighted by Gasteiger charge is 2.36. The van der Waals surface area contributed by atoms with Crippen molar-refractivity contribution in [3.05, 3.63) is 94.5 Å². The molecular weight excluding hydrogens is 456 g/mol. The monoisotopic (exact) mass is 476 g/mol. The molecule has 3 aromatic rings. The molecule has 1 aliphatic rings. The number of carbonyl (C=O) groups is 3. The van der Waals surface area contributed by atoms with Crippen molar-refractivity contribution in [3.63, 3.8) is 0 Å². The van der Waals surface area contributed by atoms with E-state index in [1.165, 1.54) is 6.08 Å². The minimum absolute atomic E-state index is 0.164. The first kappa shape index (κ1) is 23.1. The third kappa shape index (κ3) is 5.27. The van der Waals surface area contributed by atoms with Gasteiger partial charge in [0.1, 0.15) is 23.7 Å². The number of carbonyl (C=O) groups excluding carboxylic acids is 3. The van der Waals surface area contributed by atoms with E-state index in [0.717, 1.165) is 10.5 Å². The minimum atomic E-state index is -0.809. The number of halogens is 1. The Morgan fingerprint density at radius 2 is 1.65 bits per heavy atom. The van der Waals surface area contributed by atoms with Crippen molar-refractivity contribution in [2.75, 3.05) is 11.5 Å². The number of nitrogens with zero attached hydrogens (tertiary/aromatic N) is 1. The average molecular weight is 477 g/mol. The van der Waals surface area contributed by atoms with Crippen LogP contribution >= 0.6 is 11.6 Å². The zero-order valence-electron chi connectivity index (χ0n) is 18.3. The quantitative estimate of drug-likeness (QED) is 0.384. The molecule has 8 heteroatoms. The summed E-state index contributed by atoms with van der Waals surface area (Å²) in [5.74, 6) is -0.305. The van der Waals surface area contributed by atoms with Crippen molar-refractivity contribution < 1.29 is 23.9 Å². The lowest BCUT2D eigenvalue weighted by atomic mass is 10.1. The van der Waals surface area contributed by atoms with Gasteiger partial charge in [-0.2, -0.15) is 0 Å². The van der Waals surface area contributed by atoms with Crippen molar-refractivity contribution in [1.29, 1.82) is 0 Å². The maximum absolute atomic E-state index is 13.1. The number of ether oxygens (including phenoxy) is 2.